The van der Waals surface area contributed by atoms with Crippen LogP contribution in [0.15, 0.2) is 65.2 Å². The summed E-state index contributed by atoms with van der Waals surface area (Å²) < 4.78 is 6.03. The first-order valence-corrected chi connectivity index (χ1v) is 12.4. The molecule has 1 saturated heterocycles. The summed E-state index contributed by atoms with van der Waals surface area (Å²) in [5.74, 6) is -1.48. The number of hydrogen-bond acceptors (Lipinski definition) is 6. The van der Waals surface area contributed by atoms with Crippen LogP contribution in [0.25, 0.3) is 0 Å². The number of carboxylic acids is 1. The lowest BCUT2D eigenvalue weighted by molar-refractivity contribution is -0.156. The number of rotatable bonds is 6. The van der Waals surface area contributed by atoms with Crippen molar-refractivity contribution >= 4 is 46.1 Å². The molecule has 2 N–H and O–H groups in total. The van der Waals surface area contributed by atoms with Crippen LogP contribution in [0.2, 0.25) is 0 Å². The van der Waals surface area contributed by atoms with Gasteiger partial charge in [-0.25, -0.2) is 4.79 Å². The van der Waals surface area contributed by atoms with Gasteiger partial charge >= 0.3 is 5.97 Å². The van der Waals surface area contributed by atoms with Crippen LogP contribution in [0, 0.1) is 0 Å². The summed E-state index contributed by atoms with van der Waals surface area (Å²) in [5, 5.41) is 12.6. The Bertz CT molecular complexity index is 1210. The fourth-order valence-electron chi connectivity index (χ4n) is 4.64. The average molecular weight is 510 g/mol. The molecule has 10 heteroatoms. The number of carbonyl (C=O) groups is 3. The standard InChI is InChI=1S/C25H23N3O5S2/c29-20(14-33-17-8-2-1-3-9-17)26-21-18-10-11-19(22(24(31)32)28(18)23(21)30)35-25(34)27-12-15-6-4-5-7-16(15)13-27/h1-9,18,21H,10-14H2,(H,26,29)(H,31,32)/t18-,21+/m1/s1. The monoisotopic (exact) mass is 509 g/mol. The average Bonchev–Trinajstić information content (AvgIpc) is 3.31. The molecule has 0 aliphatic carbocycles. The fraction of sp³-hybridized carbons (Fsp3) is 0.280. The number of nitrogens with one attached hydrogen (secondary N) is 1. The van der Waals surface area contributed by atoms with Crippen molar-refractivity contribution in [3.05, 3.63) is 76.3 Å². The Morgan fingerprint density at radius 1 is 1.09 bits per heavy atom. The Labute approximate surface area is 211 Å². The van der Waals surface area contributed by atoms with Crippen molar-refractivity contribution in [1.82, 2.24) is 15.1 Å². The van der Waals surface area contributed by atoms with Gasteiger partial charge in [-0.15, -0.1) is 0 Å². The number of β-lactam (4-membered cyclic amide) rings is 1. The second-order valence-corrected chi connectivity index (χ2v) is 10.3. The van der Waals surface area contributed by atoms with Crippen LogP contribution in [0.5, 0.6) is 5.75 Å². The van der Waals surface area contributed by atoms with Crippen molar-refractivity contribution in [2.75, 3.05) is 6.61 Å². The highest BCUT2D eigenvalue weighted by atomic mass is 32.2. The largest absolute Gasteiger partial charge is 0.484 e. The Balaban J connectivity index is 1.22. The van der Waals surface area contributed by atoms with E-state index in [1.807, 2.05) is 23.1 Å². The van der Waals surface area contributed by atoms with Gasteiger partial charge in [0.15, 0.2) is 6.61 Å². The van der Waals surface area contributed by atoms with Gasteiger partial charge in [0.05, 0.1) is 6.04 Å². The van der Waals surface area contributed by atoms with E-state index in [1.54, 1.807) is 24.3 Å². The molecule has 3 aliphatic heterocycles. The molecule has 0 radical (unpaired) electrons. The Kier molecular flexibility index (Phi) is 6.48. The van der Waals surface area contributed by atoms with Crippen LogP contribution in [0.3, 0.4) is 0 Å². The first-order chi connectivity index (χ1) is 16.9. The van der Waals surface area contributed by atoms with E-state index in [2.05, 4.69) is 17.4 Å². The lowest BCUT2D eigenvalue weighted by atomic mass is 9.86. The number of thioether (sulfide) groups is 1. The zero-order valence-corrected chi connectivity index (χ0v) is 20.3. The number of amides is 2. The number of nitrogens with zero attached hydrogens (tertiary/aromatic N) is 2. The third-order valence-electron chi connectivity index (χ3n) is 6.33. The summed E-state index contributed by atoms with van der Waals surface area (Å²) >= 11 is 6.88. The van der Waals surface area contributed by atoms with Crippen LogP contribution in [0.4, 0.5) is 0 Å². The number of ether oxygens (including phenoxy) is 1. The molecule has 2 aromatic carbocycles. The predicted octanol–water partition coefficient (Wildman–Crippen LogP) is 2.88. The van der Waals surface area contributed by atoms with Gasteiger partial charge in [0.2, 0.25) is 0 Å². The van der Waals surface area contributed by atoms with E-state index in [0.29, 0.717) is 40.9 Å². The summed E-state index contributed by atoms with van der Waals surface area (Å²) in [6.07, 6.45) is 1.01. The highest BCUT2D eigenvalue weighted by Crippen LogP contribution is 2.42. The topological polar surface area (TPSA) is 99.2 Å². The van der Waals surface area contributed by atoms with Crippen molar-refractivity contribution in [3.8, 4) is 5.75 Å². The highest BCUT2D eigenvalue weighted by Gasteiger charge is 2.53. The number of thiocarbonyl (C=S) groups is 1. The molecular formula is C25H23N3O5S2. The molecule has 2 aromatic rings. The van der Waals surface area contributed by atoms with E-state index in [4.69, 9.17) is 17.0 Å². The predicted molar refractivity (Wildman–Crippen MR) is 134 cm³/mol. The summed E-state index contributed by atoms with van der Waals surface area (Å²) in [5.41, 5.74) is 2.38. The van der Waals surface area contributed by atoms with Crippen molar-refractivity contribution in [2.24, 2.45) is 0 Å². The van der Waals surface area contributed by atoms with E-state index in [-0.39, 0.29) is 12.3 Å². The van der Waals surface area contributed by atoms with Gasteiger partial charge in [0.25, 0.3) is 11.8 Å². The van der Waals surface area contributed by atoms with Crippen LogP contribution < -0.4 is 10.1 Å². The summed E-state index contributed by atoms with van der Waals surface area (Å²) in [7, 11) is 0. The van der Waals surface area contributed by atoms with Crippen LogP contribution in [-0.4, -0.2) is 55.7 Å². The molecule has 0 spiro atoms. The number of carboxylic acid groups (broad SMARTS) is 1. The van der Waals surface area contributed by atoms with Gasteiger partial charge in [-0.1, -0.05) is 66.4 Å². The molecule has 35 heavy (non-hydrogen) atoms. The molecule has 8 nitrogen and oxygen atoms in total. The first kappa shape index (κ1) is 23.4. The molecule has 0 saturated carbocycles. The number of fused-ring (bicyclic) bond motifs is 2. The van der Waals surface area contributed by atoms with Crippen molar-refractivity contribution < 1.29 is 24.2 Å². The van der Waals surface area contributed by atoms with Gasteiger partial charge in [-0.2, -0.15) is 0 Å². The first-order valence-electron chi connectivity index (χ1n) is 11.2. The van der Waals surface area contributed by atoms with Gasteiger partial charge in [0, 0.05) is 18.0 Å². The van der Waals surface area contributed by atoms with Crippen molar-refractivity contribution in [3.63, 3.8) is 0 Å². The normalized spacial score (nSPS) is 20.6. The Morgan fingerprint density at radius 2 is 1.74 bits per heavy atom. The lowest BCUT2D eigenvalue weighted by Gasteiger charge is -2.50. The summed E-state index contributed by atoms with van der Waals surface area (Å²) in [4.78, 5) is 41.3. The number of carbonyl (C=O) groups excluding carboxylic acids is 2. The Morgan fingerprint density at radius 3 is 2.40 bits per heavy atom. The maximum atomic E-state index is 12.9. The molecule has 0 aromatic heterocycles. The minimum Gasteiger partial charge on any atom is -0.484 e. The van der Waals surface area contributed by atoms with Crippen molar-refractivity contribution in [1.29, 1.82) is 0 Å². The lowest BCUT2D eigenvalue weighted by Crippen LogP contribution is -2.71. The van der Waals surface area contributed by atoms with Gasteiger partial charge < -0.3 is 20.1 Å². The third kappa shape index (κ3) is 4.63. The number of hydrogen-bond donors (Lipinski definition) is 2. The van der Waals surface area contributed by atoms with Gasteiger partial charge in [-0.3, -0.25) is 14.5 Å². The molecule has 5 rings (SSSR count). The molecule has 3 aliphatic rings. The number of para-hydroxylation sites is 1. The van der Waals surface area contributed by atoms with Crippen LogP contribution in [-0.2, 0) is 27.5 Å². The SMILES string of the molecule is O=C(COc1ccccc1)N[C@@H]1C(=O)N2C(C(=O)O)=C(SC(=S)N3Cc4ccccc4C3)CC[C@H]12. The molecule has 1 fully saturated rings. The minimum absolute atomic E-state index is 0.0404. The molecule has 2 atom stereocenters. The van der Waals surface area contributed by atoms with E-state index in [0.717, 1.165) is 0 Å². The van der Waals surface area contributed by atoms with E-state index in [9.17, 15) is 19.5 Å². The van der Waals surface area contributed by atoms with E-state index < -0.39 is 29.9 Å². The summed E-state index contributed by atoms with van der Waals surface area (Å²) in [6.45, 7) is 1.14. The van der Waals surface area contributed by atoms with Crippen molar-refractivity contribution in [2.45, 2.75) is 38.0 Å². The molecule has 3 heterocycles. The molecule has 0 bridgehead atoms. The number of aliphatic carboxylic acids is 1. The Hall–Kier alpha value is -3.37. The minimum atomic E-state index is -1.17. The quantitative estimate of drug-likeness (QED) is 0.453. The smallest absolute Gasteiger partial charge is 0.353 e. The zero-order valence-electron chi connectivity index (χ0n) is 18.7. The van der Waals surface area contributed by atoms with E-state index >= 15 is 0 Å². The molecular weight excluding hydrogens is 486 g/mol. The van der Waals surface area contributed by atoms with Gasteiger partial charge in [0.1, 0.15) is 21.8 Å². The van der Waals surface area contributed by atoms with E-state index in [1.165, 1.54) is 27.8 Å². The highest BCUT2D eigenvalue weighted by molar-refractivity contribution is 8.25. The molecule has 0 unspecified atom stereocenters. The van der Waals surface area contributed by atoms with Crippen LogP contribution in [0.1, 0.15) is 24.0 Å². The summed E-state index contributed by atoms with van der Waals surface area (Å²) in [6, 6.07) is 15.9. The number of allylic oxidation sites excluding steroid dienone is 1. The zero-order chi connectivity index (χ0) is 24.5. The third-order valence-corrected chi connectivity index (χ3v) is 7.92. The second kappa shape index (κ2) is 9.71. The molecule has 180 valence electrons. The maximum absolute atomic E-state index is 12.9. The molecule has 2 amide bonds. The van der Waals surface area contributed by atoms with Crippen LogP contribution >= 0.6 is 24.0 Å². The number of benzene rings is 2. The fourth-order valence-corrected chi connectivity index (χ4v) is 6.04. The maximum Gasteiger partial charge on any atom is 0.353 e. The second-order valence-electron chi connectivity index (χ2n) is 8.53. The van der Waals surface area contributed by atoms with Gasteiger partial charge in [-0.05, 0) is 36.1 Å².